The van der Waals surface area contributed by atoms with Gasteiger partial charge in [-0.3, -0.25) is 4.72 Å². The summed E-state index contributed by atoms with van der Waals surface area (Å²) in [5.41, 5.74) is 0.812. The van der Waals surface area contributed by atoms with Crippen molar-refractivity contribution in [3.8, 4) is 0 Å². The normalized spacial score (nSPS) is 12.0. The van der Waals surface area contributed by atoms with Crippen molar-refractivity contribution in [3.63, 3.8) is 0 Å². The van der Waals surface area contributed by atoms with Crippen molar-refractivity contribution < 1.29 is 8.42 Å². The Kier molecular flexibility index (Phi) is 3.84. The molecule has 0 saturated heterocycles. The number of sulfonamides is 1. The number of hydrogen-bond donors (Lipinski definition) is 1. The molecule has 1 aromatic carbocycles. The third kappa shape index (κ3) is 2.57. The summed E-state index contributed by atoms with van der Waals surface area (Å²) in [5, 5.41) is 5.38. The molecule has 0 unspecified atom stereocenters. The smallest absolute Gasteiger partial charge is 0.277 e. The first kappa shape index (κ1) is 15.3. The third-order valence-corrected chi connectivity index (χ3v) is 5.60. The molecule has 0 radical (unpaired) electrons. The first-order chi connectivity index (χ1) is 10.4. The lowest BCUT2D eigenvalue weighted by atomic mass is 10.3. The predicted molar refractivity (Wildman–Crippen MR) is 87.2 cm³/mol. The zero-order valence-corrected chi connectivity index (χ0v) is 14.3. The van der Waals surface area contributed by atoms with E-state index in [-0.39, 0.29) is 5.03 Å². The van der Waals surface area contributed by atoms with Gasteiger partial charge in [0, 0.05) is 0 Å². The van der Waals surface area contributed by atoms with Crippen LogP contribution < -0.4 is 4.72 Å². The molecule has 2 heterocycles. The van der Waals surface area contributed by atoms with Crippen LogP contribution in [0.1, 0.15) is 17.6 Å². The van der Waals surface area contributed by atoms with E-state index in [0.717, 1.165) is 5.01 Å². The summed E-state index contributed by atoms with van der Waals surface area (Å²) >= 11 is 7.38. The zero-order valence-electron chi connectivity index (χ0n) is 11.9. The topological polar surface area (TPSA) is 76.4 Å². The molecular formula is C13H13ClN4O2S2. The minimum absolute atomic E-state index is 0.0641. The van der Waals surface area contributed by atoms with Crippen LogP contribution >= 0.6 is 22.9 Å². The number of imidazole rings is 1. The Morgan fingerprint density at radius 3 is 2.77 bits per heavy atom. The summed E-state index contributed by atoms with van der Waals surface area (Å²) < 4.78 is 29.4. The van der Waals surface area contributed by atoms with E-state index in [1.54, 1.807) is 24.3 Å². The number of halogens is 1. The van der Waals surface area contributed by atoms with E-state index in [0.29, 0.717) is 27.8 Å². The van der Waals surface area contributed by atoms with Gasteiger partial charge in [-0.25, -0.2) is 4.98 Å². The predicted octanol–water partition coefficient (Wildman–Crippen LogP) is 3.12. The molecule has 0 spiro atoms. The lowest BCUT2D eigenvalue weighted by molar-refractivity contribution is 0.591. The van der Waals surface area contributed by atoms with Crippen LogP contribution in [-0.4, -0.2) is 23.0 Å². The molecule has 0 atom stereocenters. The van der Waals surface area contributed by atoms with Gasteiger partial charge in [-0.05, 0) is 25.5 Å². The van der Waals surface area contributed by atoms with Crippen LogP contribution in [0.3, 0.4) is 0 Å². The lowest BCUT2D eigenvalue weighted by Crippen LogP contribution is -2.17. The first-order valence-corrected chi connectivity index (χ1v) is 9.22. The monoisotopic (exact) mass is 356 g/mol. The molecule has 3 aromatic rings. The molecule has 0 fully saturated rings. The minimum atomic E-state index is -3.84. The molecule has 6 nitrogen and oxygen atoms in total. The molecule has 0 aliphatic carbocycles. The second-order valence-corrected chi connectivity index (χ2v) is 7.78. The number of aryl methyl sites for hydroxylation is 2. The van der Waals surface area contributed by atoms with Crippen molar-refractivity contribution in [2.45, 2.75) is 25.3 Å². The Morgan fingerprint density at radius 2 is 2.09 bits per heavy atom. The van der Waals surface area contributed by atoms with Crippen molar-refractivity contribution in [1.82, 2.24) is 14.6 Å². The summed E-state index contributed by atoms with van der Waals surface area (Å²) in [6.07, 6.45) is 0.494. The maximum atomic E-state index is 12.8. The second kappa shape index (κ2) is 5.53. The summed E-state index contributed by atoms with van der Waals surface area (Å²) in [4.78, 5) is 4.91. The Balaban J connectivity index is 2.14. The maximum Gasteiger partial charge on any atom is 0.281 e. The molecule has 1 N–H and O–H groups in total. The second-order valence-electron chi connectivity index (χ2n) is 4.62. The molecule has 3 rings (SSSR count). The Bertz CT molecular complexity index is 946. The first-order valence-electron chi connectivity index (χ1n) is 6.54. The molecule has 0 aliphatic heterocycles. The van der Waals surface area contributed by atoms with Gasteiger partial charge in [0.1, 0.15) is 5.01 Å². The van der Waals surface area contributed by atoms with Gasteiger partial charge in [-0.1, -0.05) is 42.0 Å². The van der Waals surface area contributed by atoms with Crippen molar-refractivity contribution in [1.29, 1.82) is 0 Å². The van der Waals surface area contributed by atoms with Crippen molar-refractivity contribution >= 4 is 43.6 Å². The van der Waals surface area contributed by atoms with Crippen molar-refractivity contribution in [2.75, 3.05) is 4.72 Å². The highest BCUT2D eigenvalue weighted by Crippen LogP contribution is 2.27. The molecule has 9 heteroatoms. The number of hydrogen-bond acceptors (Lipinski definition) is 5. The number of nitrogens with one attached hydrogen (secondary N) is 1. The summed E-state index contributed by atoms with van der Waals surface area (Å²) in [5.74, 6) is 0. The quantitative estimate of drug-likeness (QED) is 0.779. The number of nitrogens with zero attached hydrogens (tertiary/aromatic N) is 3. The van der Waals surface area contributed by atoms with Gasteiger partial charge in [0.15, 0.2) is 0 Å². The number of rotatable bonds is 4. The van der Waals surface area contributed by atoms with Gasteiger partial charge in [0.05, 0.1) is 16.4 Å². The van der Waals surface area contributed by atoms with E-state index in [2.05, 4.69) is 14.8 Å². The number of fused-ring (bicyclic) bond motifs is 1. The van der Waals surface area contributed by atoms with Gasteiger partial charge in [-0.2, -0.15) is 18.0 Å². The van der Waals surface area contributed by atoms with Crippen molar-refractivity contribution in [2.24, 2.45) is 0 Å². The highest BCUT2D eigenvalue weighted by Gasteiger charge is 2.27. The zero-order chi connectivity index (χ0) is 15.9. The molecule has 0 aliphatic rings. The Morgan fingerprint density at radius 1 is 1.36 bits per heavy atom. The molecule has 116 valence electrons. The maximum absolute atomic E-state index is 12.8. The van der Waals surface area contributed by atoms with E-state index in [1.165, 1.54) is 15.9 Å². The van der Waals surface area contributed by atoms with E-state index in [4.69, 9.17) is 11.6 Å². The van der Waals surface area contributed by atoms with Crippen LogP contribution in [0.5, 0.6) is 0 Å². The SMILES string of the molecule is CCc1nc2sc(C)nn2c1S(=O)(=O)Nc1ccccc1Cl. The number of benzene rings is 1. The van der Waals surface area contributed by atoms with Crippen LogP contribution in [0.25, 0.3) is 4.96 Å². The average molecular weight is 357 g/mol. The summed E-state index contributed by atoms with van der Waals surface area (Å²) in [6, 6.07) is 6.68. The summed E-state index contributed by atoms with van der Waals surface area (Å²) in [7, 11) is -3.84. The fraction of sp³-hybridized carbons (Fsp3) is 0.231. The highest BCUT2D eigenvalue weighted by molar-refractivity contribution is 7.92. The fourth-order valence-corrected chi connectivity index (χ4v) is 4.58. The van der Waals surface area contributed by atoms with Crippen LogP contribution in [-0.2, 0) is 16.4 Å². The van der Waals surface area contributed by atoms with E-state index in [1.807, 2.05) is 13.8 Å². The highest BCUT2D eigenvalue weighted by atomic mass is 35.5. The molecule has 2 aromatic heterocycles. The molecule has 22 heavy (non-hydrogen) atoms. The van der Waals surface area contributed by atoms with Gasteiger partial charge in [0.2, 0.25) is 9.99 Å². The van der Waals surface area contributed by atoms with E-state index >= 15 is 0 Å². The molecule has 0 amide bonds. The van der Waals surface area contributed by atoms with Crippen LogP contribution in [0.4, 0.5) is 5.69 Å². The van der Waals surface area contributed by atoms with Gasteiger partial charge < -0.3 is 0 Å². The standard InChI is InChI=1S/C13H13ClN4O2S2/c1-3-10-12(18-13(15-10)21-8(2)16-18)22(19,20)17-11-7-5-4-6-9(11)14/h4-7,17H,3H2,1-2H3. The Hall–Kier alpha value is -1.64. The van der Waals surface area contributed by atoms with Gasteiger partial charge in [-0.15, -0.1) is 0 Å². The fourth-order valence-electron chi connectivity index (χ4n) is 2.10. The van der Waals surface area contributed by atoms with Gasteiger partial charge >= 0.3 is 0 Å². The Labute approximate surface area is 136 Å². The molecule has 0 bridgehead atoms. The molecule has 0 saturated carbocycles. The molecular weight excluding hydrogens is 344 g/mol. The van der Waals surface area contributed by atoms with Crippen LogP contribution in [0.15, 0.2) is 29.3 Å². The van der Waals surface area contributed by atoms with E-state index < -0.39 is 10.0 Å². The largest absolute Gasteiger partial charge is 0.281 e. The third-order valence-electron chi connectivity index (χ3n) is 3.04. The van der Waals surface area contributed by atoms with E-state index in [9.17, 15) is 8.42 Å². The number of para-hydroxylation sites is 1. The summed E-state index contributed by atoms with van der Waals surface area (Å²) in [6.45, 7) is 3.66. The number of aromatic nitrogens is 3. The van der Waals surface area contributed by atoms with Crippen LogP contribution in [0, 0.1) is 6.92 Å². The van der Waals surface area contributed by atoms with Crippen molar-refractivity contribution in [3.05, 3.63) is 40.0 Å². The lowest BCUT2D eigenvalue weighted by Gasteiger charge is -2.09. The average Bonchev–Trinajstić information content (AvgIpc) is 2.96. The minimum Gasteiger partial charge on any atom is -0.277 e. The van der Waals surface area contributed by atoms with Crippen LogP contribution in [0.2, 0.25) is 5.02 Å². The van der Waals surface area contributed by atoms with Gasteiger partial charge in [0.25, 0.3) is 10.0 Å². The number of anilines is 1.